The van der Waals surface area contributed by atoms with Crippen molar-refractivity contribution in [1.82, 2.24) is 20.2 Å². The highest BCUT2D eigenvalue weighted by molar-refractivity contribution is 5.76. The summed E-state index contributed by atoms with van der Waals surface area (Å²) in [7, 11) is 0. The summed E-state index contributed by atoms with van der Waals surface area (Å²) in [5.41, 5.74) is 4.01. The van der Waals surface area contributed by atoms with Gasteiger partial charge in [-0.3, -0.25) is 5.10 Å². The van der Waals surface area contributed by atoms with Crippen LogP contribution in [0.3, 0.4) is 0 Å². The normalized spacial score (nSPS) is 20.2. The monoisotopic (exact) mass is 373 g/mol. The van der Waals surface area contributed by atoms with Gasteiger partial charge in [0.25, 0.3) is 0 Å². The van der Waals surface area contributed by atoms with Gasteiger partial charge in [-0.05, 0) is 50.6 Å². The van der Waals surface area contributed by atoms with E-state index in [1.54, 1.807) is 6.20 Å². The molecule has 5 heterocycles. The molecule has 0 unspecified atom stereocenters. The third-order valence-electron chi connectivity index (χ3n) is 5.64. The second-order valence-corrected chi connectivity index (χ2v) is 7.76. The Balaban J connectivity index is 1.49. The van der Waals surface area contributed by atoms with E-state index in [2.05, 4.69) is 55.9 Å². The van der Waals surface area contributed by atoms with Crippen molar-refractivity contribution in [2.45, 2.75) is 25.8 Å². The molecule has 2 aliphatic heterocycles. The molecule has 1 fully saturated rings. The largest absolute Gasteiger partial charge is 0.366 e. The lowest BCUT2D eigenvalue weighted by molar-refractivity contribution is 0.484. The van der Waals surface area contributed by atoms with Crippen LogP contribution in [0.5, 0.6) is 0 Å². The van der Waals surface area contributed by atoms with E-state index in [-0.39, 0.29) is 5.54 Å². The number of H-pyrrole nitrogens is 1. The number of pyridine rings is 2. The predicted octanol–water partition coefficient (Wildman–Crippen LogP) is 3.55. The van der Waals surface area contributed by atoms with Crippen LogP contribution in [-0.4, -0.2) is 38.8 Å². The lowest BCUT2D eigenvalue weighted by Gasteiger charge is -2.45. The van der Waals surface area contributed by atoms with Crippen molar-refractivity contribution < 1.29 is 0 Å². The van der Waals surface area contributed by atoms with Crippen LogP contribution in [0.1, 0.15) is 19.0 Å². The maximum atomic E-state index is 4.85. The molecule has 142 valence electrons. The van der Waals surface area contributed by atoms with Crippen LogP contribution < -0.4 is 15.1 Å². The molecule has 0 saturated carbocycles. The molecule has 7 nitrogen and oxygen atoms in total. The summed E-state index contributed by atoms with van der Waals surface area (Å²) in [5.74, 6) is 2.49. The topological polar surface area (TPSA) is 73.0 Å². The van der Waals surface area contributed by atoms with Crippen LogP contribution in [0.25, 0.3) is 11.3 Å². The highest BCUT2D eigenvalue weighted by Gasteiger charge is 2.47. The fourth-order valence-electron chi connectivity index (χ4n) is 4.27. The summed E-state index contributed by atoms with van der Waals surface area (Å²) in [4.78, 5) is 14.0. The molecule has 28 heavy (non-hydrogen) atoms. The fourth-order valence-corrected chi connectivity index (χ4v) is 4.27. The van der Waals surface area contributed by atoms with Gasteiger partial charge in [-0.2, -0.15) is 5.10 Å². The van der Waals surface area contributed by atoms with Crippen molar-refractivity contribution in [3.05, 3.63) is 60.8 Å². The van der Waals surface area contributed by atoms with Crippen molar-refractivity contribution in [2.24, 2.45) is 0 Å². The van der Waals surface area contributed by atoms with Gasteiger partial charge in [0.05, 0.1) is 16.9 Å². The molecule has 0 amide bonds. The SMILES string of the molecule is C=C(Nc1cc(-c2cc[nH]n2)ccn1)N1c2nc(C)ccc2N2CC[C@@]1(C)C2. The van der Waals surface area contributed by atoms with Crippen LogP contribution in [0.2, 0.25) is 0 Å². The van der Waals surface area contributed by atoms with E-state index in [1.807, 2.05) is 31.3 Å². The highest BCUT2D eigenvalue weighted by atomic mass is 15.4. The number of aryl methyl sites for hydroxylation is 1. The molecular weight excluding hydrogens is 350 g/mol. The van der Waals surface area contributed by atoms with E-state index < -0.39 is 0 Å². The summed E-state index contributed by atoms with van der Waals surface area (Å²) in [6.45, 7) is 10.7. The third-order valence-corrected chi connectivity index (χ3v) is 5.64. The number of hydrogen-bond acceptors (Lipinski definition) is 6. The van der Waals surface area contributed by atoms with Gasteiger partial charge in [0.15, 0.2) is 5.82 Å². The lowest BCUT2D eigenvalue weighted by Crippen LogP contribution is -2.52. The quantitative estimate of drug-likeness (QED) is 0.729. The fraction of sp³-hybridized carbons (Fsp3) is 0.286. The average Bonchev–Trinajstić information content (AvgIpc) is 3.31. The van der Waals surface area contributed by atoms with Gasteiger partial charge in [0.1, 0.15) is 11.6 Å². The molecule has 2 aliphatic rings. The Morgan fingerprint density at radius 1 is 1.29 bits per heavy atom. The van der Waals surface area contributed by atoms with Gasteiger partial charge in [-0.15, -0.1) is 0 Å². The highest BCUT2D eigenvalue weighted by Crippen LogP contribution is 2.45. The molecule has 0 spiro atoms. The molecule has 2 N–H and O–H groups in total. The molecule has 0 aliphatic carbocycles. The predicted molar refractivity (Wildman–Crippen MR) is 111 cm³/mol. The van der Waals surface area contributed by atoms with E-state index >= 15 is 0 Å². The number of nitrogens with one attached hydrogen (secondary N) is 2. The Morgan fingerprint density at radius 3 is 3.00 bits per heavy atom. The number of anilines is 3. The van der Waals surface area contributed by atoms with Gasteiger partial charge < -0.3 is 15.1 Å². The van der Waals surface area contributed by atoms with Crippen molar-refractivity contribution in [2.75, 3.05) is 28.2 Å². The Bertz CT molecular complexity index is 1040. The Kier molecular flexibility index (Phi) is 3.65. The van der Waals surface area contributed by atoms with E-state index in [0.717, 1.165) is 53.9 Å². The first-order valence-corrected chi connectivity index (χ1v) is 9.48. The van der Waals surface area contributed by atoms with Gasteiger partial charge >= 0.3 is 0 Å². The second kappa shape index (κ2) is 6.09. The molecular formula is C21H23N7. The van der Waals surface area contributed by atoms with E-state index in [0.29, 0.717) is 0 Å². The number of rotatable bonds is 4. The number of aromatic nitrogens is 4. The molecule has 7 heteroatoms. The van der Waals surface area contributed by atoms with E-state index in [1.165, 1.54) is 5.69 Å². The smallest absolute Gasteiger partial charge is 0.158 e. The number of aromatic amines is 1. The van der Waals surface area contributed by atoms with Crippen LogP contribution in [0.15, 0.2) is 55.1 Å². The summed E-state index contributed by atoms with van der Waals surface area (Å²) >= 11 is 0. The number of fused-ring (bicyclic) bond motifs is 4. The summed E-state index contributed by atoms with van der Waals surface area (Å²) in [6, 6.07) is 10.1. The first-order valence-electron chi connectivity index (χ1n) is 9.48. The zero-order valence-corrected chi connectivity index (χ0v) is 16.1. The summed E-state index contributed by atoms with van der Waals surface area (Å²) in [5, 5.41) is 10.5. The van der Waals surface area contributed by atoms with E-state index in [9.17, 15) is 0 Å². The van der Waals surface area contributed by atoms with Crippen molar-refractivity contribution in [3.8, 4) is 11.3 Å². The van der Waals surface area contributed by atoms with Gasteiger partial charge in [-0.25, -0.2) is 9.97 Å². The molecule has 5 rings (SSSR count). The number of nitrogens with zero attached hydrogens (tertiary/aromatic N) is 5. The minimum atomic E-state index is -0.0440. The molecule has 1 saturated heterocycles. The first kappa shape index (κ1) is 16.8. The van der Waals surface area contributed by atoms with Gasteiger partial charge in [-0.1, -0.05) is 6.58 Å². The maximum absolute atomic E-state index is 4.85. The Hall–Kier alpha value is -3.35. The van der Waals surface area contributed by atoms with Crippen molar-refractivity contribution >= 4 is 17.3 Å². The Labute approximate surface area is 164 Å². The van der Waals surface area contributed by atoms with Gasteiger partial charge in [0.2, 0.25) is 0 Å². The molecule has 0 radical (unpaired) electrons. The van der Waals surface area contributed by atoms with Crippen molar-refractivity contribution in [1.29, 1.82) is 0 Å². The Morgan fingerprint density at radius 2 is 2.18 bits per heavy atom. The van der Waals surface area contributed by atoms with Crippen molar-refractivity contribution in [3.63, 3.8) is 0 Å². The van der Waals surface area contributed by atoms with Gasteiger partial charge in [0, 0.05) is 36.7 Å². The van der Waals surface area contributed by atoms with Crippen LogP contribution in [0, 0.1) is 6.92 Å². The minimum Gasteiger partial charge on any atom is -0.366 e. The maximum Gasteiger partial charge on any atom is 0.158 e. The third kappa shape index (κ3) is 2.62. The van der Waals surface area contributed by atoms with Crippen LogP contribution in [0.4, 0.5) is 17.3 Å². The standard InChI is InChI=1S/C21H23N7/c1-14-4-5-18-20(24-14)28(21(3)8-11-27(18)13-21)15(2)25-19-12-16(6-9-22-19)17-7-10-23-26-17/h4-7,9-10,12H,2,8,11,13H2,1,3H3,(H,22,25)(H,23,26)/t21-/m0/s1. The lowest BCUT2D eigenvalue weighted by atomic mass is 9.97. The molecule has 3 aromatic heterocycles. The van der Waals surface area contributed by atoms with Crippen LogP contribution in [-0.2, 0) is 0 Å². The molecule has 0 aromatic carbocycles. The molecule has 2 bridgehead atoms. The molecule has 3 aromatic rings. The molecule has 1 atom stereocenters. The van der Waals surface area contributed by atoms with Crippen LogP contribution >= 0.6 is 0 Å². The zero-order valence-electron chi connectivity index (χ0n) is 16.1. The second-order valence-electron chi connectivity index (χ2n) is 7.76. The first-order chi connectivity index (χ1) is 13.5. The summed E-state index contributed by atoms with van der Waals surface area (Å²) < 4.78 is 0. The van der Waals surface area contributed by atoms with E-state index in [4.69, 9.17) is 4.98 Å². The average molecular weight is 373 g/mol. The number of hydrogen-bond donors (Lipinski definition) is 2. The summed E-state index contributed by atoms with van der Waals surface area (Å²) in [6.07, 6.45) is 4.65. The zero-order chi connectivity index (χ0) is 19.3. The minimum absolute atomic E-state index is 0.0440.